The average Bonchev–Trinajstić information content (AvgIpc) is 3.17. The molecule has 10 heteroatoms. The lowest BCUT2D eigenvalue weighted by atomic mass is 10.2. The second-order valence-corrected chi connectivity index (χ2v) is 8.73. The summed E-state index contributed by atoms with van der Waals surface area (Å²) in [6.07, 6.45) is 0. The van der Waals surface area contributed by atoms with Crippen molar-refractivity contribution in [3.8, 4) is 0 Å². The molecular formula is C21H20Cl2N4O3S. The minimum Gasteiger partial charge on any atom is -0.462 e. The molecule has 1 amide bonds. The number of hydrogen-bond acceptors (Lipinski definition) is 7. The molecule has 1 aliphatic heterocycles. The number of fused-ring (bicyclic) bond motifs is 1. The Labute approximate surface area is 193 Å². The van der Waals surface area contributed by atoms with Crippen LogP contribution >= 0.6 is 34.5 Å². The van der Waals surface area contributed by atoms with Crippen LogP contribution in [0.5, 0.6) is 0 Å². The molecule has 1 aromatic heterocycles. The first-order chi connectivity index (χ1) is 15.0. The van der Waals surface area contributed by atoms with Crippen molar-refractivity contribution in [2.45, 2.75) is 6.92 Å². The normalized spacial score (nSPS) is 14.6. The van der Waals surface area contributed by atoms with Crippen LogP contribution in [-0.2, 0) is 4.74 Å². The van der Waals surface area contributed by atoms with Crippen LogP contribution in [0.1, 0.15) is 27.6 Å². The number of thiazole rings is 1. The largest absolute Gasteiger partial charge is 0.462 e. The fourth-order valence-electron chi connectivity index (χ4n) is 3.31. The minimum absolute atomic E-state index is 0.275. The smallest absolute Gasteiger partial charge is 0.338 e. The maximum absolute atomic E-state index is 12.6. The molecule has 162 valence electrons. The van der Waals surface area contributed by atoms with E-state index in [2.05, 4.69) is 10.3 Å². The molecule has 2 aromatic carbocycles. The molecule has 0 radical (unpaired) electrons. The number of hydrazine groups is 1. The van der Waals surface area contributed by atoms with E-state index >= 15 is 0 Å². The zero-order valence-electron chi connectivity index (χ0n) is 16.7. The molecule has 0 unspecified atom stereocenters. The van der Waals surface area contributed by atoms with Gasteiger partial charge in [0.15, 0.2) is 5.13 Å². The van der Waals surface area contributed by atoms with Crippen molar-refractivity contribution in [2.24, 2.45) is 0 Å². The van der Waals surface area contributed by atoms with Gasteiger partial charge in [0.1, 0.15) is 0 Å². The number of nitrogens with zero attached hydrogens (tertiary/aromatic N) is 3. The van der Waals surface area contributed by atoms with E-state index in [0.717, 1.165) is 15.3 Å². The molecule has 0 bridgehead atoms. The van der Waals surface area contributed by atoms with Crippen LogP contribution < -0.4 is 10.3 Å². The number of benzene rings is 2. The standard InChI is InChI=1S/C21H20Cl2N4O3S/c1-2-30-20(29)13-6-7-16-17(12-13)31-21(24-16)26-8-10-27(11-9-26)25-19(28)18-14(22)4-3-5-15(18)23/h3-7,12H,2,8-11H2,1H3,(H,25,28). The number of halogens is 2. The number of aromatic nitrogens is 1. The van der Waals surface area contributed by atoms with Crippen LogP contribution in [0, 0.1) is 0 Å². The van der Waals surface area contributed by atoms with Gasteiger partial charge >= 0.3 is 5.97 Å². The van der Waals surface area contributed by atoms with E-state index in [1.54, 1.807) is 31.2 Å². The summed E-state index contributed by atoms with van der Waals surface area (Å²) in [5.41, 5.74) is 4.52. The van der Waals surface area contributed by atoms with Crippen molar-refractivity contribution in [1.82, 2.24) is 15.4 Å². The highest BCUT2D eigenvalue weighted by atomic mass is 35.5. The quantitative estimate of drug-likeness (QED) is 0.552. The number of piperazine rings is 1. The summed E-state index contributed by atoms with van der Waals surface area (Å²) < 4.78 is 6.00. The fraction of sp³-hybridized carbons (Fsp3) is 0.286. The molecule has 1 fully saturated rings. The lowest BCUT2D eigenvalue weighted by molar-refractivity contribution is 0.0526. The number of anilines is 1. The Kier molecular flexibility index (Phi) is 6.62. The SMILES string of the molecule is CCOC(=O)c1ccc2nc(N3CCN(NC(=O)c4c(Cl)cccc4Cl)CC3)sc2c1. The Balaban J connectivity index is 1.40. The summed E-state index contributed by atoms with van der Waals surface area (Å²) in [6.45, 7) is 4.76. The number of nitrogens with one attached hydrogen (secondary N) is 1. The van der Waals surface area contributed by atoms with E-state index in [1.807, 2.05) is 17.1 Å². The highest BCUT2D eigenvalue weighted by Crippen LogP contribution is 2.30. The van der Waals surface area contributed by atoms with Crippen molar-refractivity contribution >= 4 is 61.8 Å². The number of amides is 1. The first-order valence-electron chi connectivity index (χ1n) is 9.79. The molecule has 0 aliphatic carbocycles. The molecule has 2 heterocycles. The van der Waals surface area contributed by atoms with Gasteiger partial charge in [-0.05, 0) is 37.3 Å². The number of hydrogen-bond donors (Lipinski definition) is 1. The van der Waals surface area contributed by atoms with Crippen molar-refractivity contribution in [1.29, 1.82) is 0 Å². The van der Waals surface area contributed by atoms with E-state index in [1.165, 1.54) is 11.3 Å². The molecule has 7 nitrogen and oxygen atoms in total. The fourth-order valence-corrected chi connectivity index (χ4v) is 4.94. The van der Waals surface area contributed by atoms with Crippen molar-refractivity contribution in [3.05, 3.63) is 57.6 Å². The van der Waals surface area contributed by atoms with Crippen LogP contribution in [0.3, 0.4) is 0 Å². The van der Waals surface area contributed by atoms with Crippen LogP contribution in [-0.4, -0.2) is 54.7 Å². The zero-order valence-corrected chi connectivity index (χ0v) is 19.1. The molecule has 1 N–H and O–H groups in total. The van der Waals surface area contributed by atoms with Crippen LogP contribution in [0.2, 0.25) is 10.0 Å². The Hall–Kier alpha value is -2.39. The third kappa shape index (κ3) is 4.77. The number of ether oxygens (including phenoxy) is 1. The Morgan fingerprint density at radius 1 is 1.13 bits per heavy atom. The summed E-state index contributed by atoms with van der Waals surface area (Å²) in [6, 6.07) is 10.4. The summed E-state index contributed by atoms with van der Waals surface area (Å²) in [4.78, 5) is 31.4. The lowest BCUT2D eigenvalue weighted by Gasteiger charge is -2.34. The average molecular weight is 479 g/mol. The predicted octanol–water partition coefficient (Wildman–Crippen LogP) is 4.25. The molecular weight excluding hydrogens is 459 g/mol. The highest BCUT2D eigenvalue weighted by Gasteiger charge is 2.23. The molecule has 1 aliphatic rings. The molecule has 31 heavy (non-hydrogen) atoms. The highest BCUT2D eigenvalue weighted by molar-refractivity contribution is 7.22. The lowest BCUT2D eigenvalue weighted by Crippen LogP contribution is -2.53. The maximum atomic E-state index is 12.6. The van der Waals surface area contributed by atoms with Crippen LogP contribution in [0.4, 0.5) is 5.13 Å². The molecule has 0 spiro atoms. The minimum atomic E-state index is -0.331. The van der Waals surface area contributed by atoms with Crippen molar-refractivity contribution < 1.29 is 14.3 Å². The third-order valence-electron chi connectivity index (χ3n) is 4.89. The molecule has 0 saturated carbocycles. The van der Waals surface area contributed by atoms with Gasteiger partial charge in [0.25, 0.3) is 5.91 Å². The van der Waals surface area contributed by atoms with E-state index in [0.29, 0.717) is 48.4 Å². The second-order valence-electron chi connectivity index (χ2n) is 6.91. The van der Waals surface area contributed by atoms with E-state index in [4.69, 9.17) is 32.9 Å². The van der Waals surface area contributed by atoms with Gasteiger partial charge in [-0.25, -0.2) is 14.8 Å². The third-order valence-corrected chi connectivity index (χ3v) is 6.60. The number of carbonyl (C=O) groups excluding carboxylic acids is 2. The summed E-state index contributed by atoms with van der Waals surface area (Å²) in [5.74, 6) is -0.655. The Morgan fingerprint density at radius 3 is 2.52 bits per heavy atom. The molecule has 3 aromatic rings. The first-order valence-corrected chi connectivity index (χ1v) is 11.4. The zero-order chi connectivity index (χ0) is 22.0. The van der Waals surface area contributed by atoms with Gasteiger partial charge in [-0.1, -0.05) is 40.6 Å². The van der Waals surface area contributed by atoms with Gasteiger partial charge in [-0.2, -0.15) is 0 Å². The Bertz CT molecular complexity index is 1110. The van der Waals surface area contributed by atoms with Crippen molar-refractivity contribution in [2.75, 3.05) is 37.7 Å². The predicted molar refractivity (Wildman–Crippen MR) is 123 cm³/mol. The second kappa shape index (κ2) is 9.40. The summed E-state index contributed by atoms with van der Waals surface area (Å²) in [7, 11) is 0. The van der Waals surface area contributed by atoms with Gasteiger partial charge in [0, 0.05) is 26.2 Å². The molecule has 1 saturated heterocycles. The van der Waals surface area contributed by atoms with E-state index < -0.39 is 0 Å². The molecule has 4 rings (SSSR count). The topological polar surface area (TPSA) is 74.8 Å². The van der Waals surface area contributed by atoms with Gasteiger partial charge in [0.05, 0.1) is 38.0 Å². The van der Waals surface area contributed by atoms with Crippen LogP contribution in [0.15, 0.2) is 36.4 Å². The summed E-state index contributed by atoms with van der Waals surface area (Å²) >= 11 is 13.8. The monoisotopic (exact) mass is 478 g/mol. The maximum Gasteiger partial charge on any atom is 0.338 e. The van der Waals surface area contributed by atoms with Gasteiger partial charge in [0.2, 0.25) is 0 Å². The van der Waals surface area contributed by atoms with E-state index in [-0.39, 0.29) is 17.4 Å². The first kappa shape index (κ1) is 21.8. The van der Waals surface area contributed by atoms with Crippen molar-refractivity contribution in [3.63, 3.8) is 0 Å². The van der Waals surface area contributed by atoms with Crippen LogP contribution in [0.25, 0.3) is 10.2 Å². The number of carbonyl (C=O) groups is 2. The summed E-state index contributed by atoms with van der Waals surface area (Å²) in [5, 5.41) is 3.38. The van der Waals surface area contributed by atoms with E-state index in [9.17, 15) is 9.59 Å². The van der Waals surface area contributed by atoms with Gasteiger partial charge in [-0.15, -0.1) is 0 Å². The Morgan fingerprint density at radius 2 is 1.84 bits per heavy atom. The number of esters is 1. The number of rotatable bonds is 5. The van der Waals surface area contributed by atoms with Gasteiger partial charge in [-0.3, -0.25) is 10.2 Å². The van der Waals surface area contributed by atoms with Gasteiger partial charge < -0.3 is 9.64 Å². The molecule has 0 atom stereocenters.